The lowest BCUT2D eigenvalue weighted by molar-refractivity contribution is -0.139. The van der Waals surface area contributed by atoms with Crippen LogP contribution in [0.2, 0.25) is 0 Å². The Kier molecular flexibility index (Phi) is 7.07. The summed E-state index contributed by atoms with van der Waals surface area (Å²) in [7, 11) is 1.45. The molecule has 0 radical (unpaired) electrons. The molecule has 8 heteroatoms. The molecule has 0 bridgehead atoms. The molecular weight excluding hydrogens is 350 g/mol. The zero-order chi connectivity index (χ0) is 19.6. The Morgan fingerprint density at radius 1 is 1.37 bits per heavy atom. The average molecular weight is 369 g/mol. The van der Waals surface area contributed by atoms with E-state index < -0.39 is 18.5 Å². The maximum atomic E-state index is 11.9. The molecule has 140 valence electrons. The highest BCUT2D eigenvalue weighted by atomic mass is 16.5. The molecule has 0 atom stereocenters. The first-order valence-corrected chi connectivity index (χ1v) is 7.96. The summed E-state index contributed by atoms with van der Waals surface area (Å²) >= 11 is 0. The molecule has 8 nitrogen and oxygen atoms in total. The summed E-state index contributed by atoms with van der Waals surface area (Å²) in [5.74, 6) is -0.849. The number of carboxylic acid groups (broad SMARTS) is 1. The van der Waals surface area contributed by atoms with E-state index in [1.165, 1.54) is 19.5 Å². The number of pyridine rings is 1. The number of methoxy groups -OCH3 is 1. The average Bonchev–Trinajstić information content (AvgIpc) is 2.67. The second-order valence-corrected chi connectivity index (χ2v) is 5.30. The number of hydrogen-bond donors (Lipinski definition) is 2. The van der Waals surface area contributed by atoms with Gasteiger partial charge in [-0.25, -0.2) is 10.2 Å². The van der Waals surface area contributed by atoms with Crippen molar-refractivity contribution in [3.05, 3.63) is 66.0 Å². The third kappa shape index (κ3) is 5.67. The predicted molar refractivity (Wildman–Crippen MR) is 99.3 cm³/mol. The zero-order valence-electron chi connectivity index (χ0n) is 14.7. The Bertz CT molecular complexity index is 850. The number of carbonyl (C=O) groups excluding carboxylic acids is 1. The van der Waals surface area contributed by atoms with Crippen LogP contribution in [0.1, 0.15) is 21.6 Å². The minimum absolute atomic E-state index is 0.247. The molecule has 2 rings (SSSR count). The zero-order valence-corrected chi connectivity index (χ0v) is 14.7. The largest absolute Gasteiger partial charge is 0.493 e. The molecule has 1 aromatic heterocycles. The molecule has 0 aliphatic heterocycles. The van der Waals surface area contributed by atoms with Crippen LogP contribution in [0.5, 0.6) is 11.5 Å². The van der Waals surface area contributed by atoms with Crippen LogP contribution in [-0.4, -0.2) is 41.9 Å². The highest BCUT2D eigenvalue weighted by molar-refractivity contribution is 5.93. The minimum Gasteiger partial charge on any atom is -0.493 e. The normalized spacial score (nSPS) is 10.4. The molecule has 2 aromatic rings. The number of hydrogen-bond acceptors (Lipinski definition) is 6. The van der Waals surface area contributed by atoms with Crippen LogP contribution < -0.4 is 14.9 Å². The van der Waals surface area contributed by atoms with Crippen molar-refractivity contribution in [2.45, 2.75) is 6.42 Å². The van der Waals surface area contributed by atoms with E-state index in [1.807, 2.05) is 0 Å². The fourth-order valence-corrected chi connectivity index (χ4v) is 2.23. The monoisotopic (exact) mass is 369 g/mol. The third-order valence-corrected chi connectivity index (χ3v) is 3.36. The molecule has 2 N–H and O–H groups in total. The van der Waals surface area contributed by atoms with Gasteiger partial charge in [0, 0.05) is 11.8 Å². The van der Waals surface area contributed by atoms with Crippen molar-refractivity contribution in [1.29, 1.82) is 0 Å². The molecule has 0 unspecified atom stereocenters. The number of aromatic nitrogens is 1. The number of carbonyl (C=O) groups is 2. The fourth-order valence-electron chi connectivity index (χ4n) is 2.23. The lowest BCUT2D eigenvalue weighted by atomic mass is 10.1. The number of aliphatic carboxylic acids is 1. The number of nitrogens with one attached hydrogen (secondary N) is 1. The van der Waals surface area contributed by atoms with Crippen LogP contribution in [0.25, 0.3) is 0 Å². The van der Waals surface area contributed by atoms with Crippen LogP contribution >= 0.6 is 0 Å². The van der Waals surface area contributed by atoms with Gasteiger partial charge in [0.15, 0.2) is 18.1 Å². The van der Waals surface area contributed by atoms with Gasteiger partial charge in [0.05, 0.1) is 13.3 Å². The van der Waals surface area contributed by atoms with Crippen molar-refractivity contribution in [1.82, 2.24) is 10.4 Å². The van der Waals surface area contributed by atoms with Gasteiger partial charge in [-0.1, -0.05) is 12.1 Å². The topological polar surface area (TPSA) is 110 Å². The summed E-state index contributed by atoms with van der Waals surface area (Å²) in [6.45, 7) is 3.19. The third-order valence-electron chi connectivity index (χ3n) is 3.36. The van der Waals surface area contributed by atoms with Crippen molar-refractivity contribution < 1.29 is 24.2 Å². The molecule has 27 heavy (non-hydrogen) atoms. The number of rotatable bonds is 9. The van der Waals surface area contributed by atoms with E-state index in [0.717, 1.165) is 0 Å². The second-order valence-electron chi connectivity index (χ2n) is 5.30. The Balaban J connectivity index is 2.20. The summed E-state index contributed by atoms with van der Waals surface area (Å²) in [6.07, 6.45) is 5.05. The molecular formula is C19H19N3O5. The van der Waals surface area contributed by atoms with E-state index in [9.17, 15) is 9.59 Å². The van der Waals surface area contributed by atoms with Gasteiger partial charge in [-0.3, -0.25) is 9.78 Å². The molecule has 0 fully saturated rings. The van der Waals surface area contributed by atoms with Crippen LogP contribution in [-0.2, 0) is 11.2 Å². The quantitative estimate of drug-likeness (QED) is 0.398. The number of amides is 1. The summed E-state index contributed by atoms with van der Waals surface area (Å²) < 4.78 is 10.6. The van der Waals surface area contributed by atoms with E-state index in [-0.39, 0.29) is 5.69 Å². The smallest absolute Gasteiger partial charge is 0.341 e. The Hall–Kier alpha value is -3.68. The second kappa shape index (κ2) is 9.71. The van der Waals surface area contributed by atoms with Gasteiger partial charge in [-0.05, 0) is 36.2 Å². The SMILES string of the molecule is C=CCc1cc(/C=N\NC(=O)c2ccccn2)cc(OC)c1OCC(=O)O. The van der Waals surface area contributed by atoms with Crippen molar-refractivity contribution in [3.8, 4) is 11.5 Å². The van der Waals surface area contributed by atoms with Crippen molar-refractivity contribution in [3.63, 3.8) is 0 Å². The molecule has 0 aliphatic rings. The van der Waals surface area contributed by atoms with Crippen LogP contribution in [0.4, 0.5) is 0 Å². The lowest BCUT2D eigenvalue weighted by Gasteiger charge is -2.14. The van der Waals surface area contributed by atoms with Gasteiger partial charge >= 0.3 is 5.97 Å². The van der Waals surface area contributed by atoms with Gasteiger partial charge < -0.3 is 14.6 Å². The lowest BCUT2D eigenvalue weighted by Crippen LogP contribution is -2.18. The van der Waals surface area contributed by atoms with Crippen LogP contribution in [0, 0.1) is 0 Å². The van der Waals surface area contributed by atoms with Gasteiger partial charge in [-0.2, -0.15) is 5.10 Å². The number of hydrazone groups is 1. The summed E-state index contributed by atoms with van der Waals surface area (Å²) in [5, 5.41) is 12.7. The summed E-state index contributed by atoms with van der Waals surface area (Å²) in [6, 6.07) is 8.36. The van der Waals surface area contributed by atoms with Gasteiger partial charge in [0.1, 0.15) is 5.69 Å². The fraction of sp³-hybridized carbons (Fsp3) is 0.158. The summed E-state index contributed by atoms with van der Waals surface area (Å²) in [4.78, 5) is 26.6. The predicted octanol–water partition coefficient (Wildman–Crippen LogP) is 2.05. The molecule has 1 aromatic carbocycles. The molecule has 0 saturated carbocycles. The van der Waals surface area contributed by atoms with Gasteiger partial charge in [-0.15, -0.1) is 6.58 Å². The molecule has 0 aliphatic carbocycles. The minimum atomic E-state index is -1.09. The Morgan fingerprint density at radius 3 is 2.81 bits per heavy atom. The maximum absolute atomic E-state index is 11.9. The first-order valence-electron chi connectivity index (χ1n) is 7.96. The maximum Gasteiger partial charge on any atom is 0.341 e. The highest BCUT2D eigenvalue weighted by Gasteiger charge is 2.14. The number of benzene rings is 1. The van der Waals surface area contributed by atoms with Gasteiger partial charge in [0.25, 0.3) is 5.91 Å². The van der Waals surface area contributed by atoms with E-state index in [2.05, 4.69) is 22.1 Å². The first-order chi connectivity index (χ1) is 13.0. The molecule has 1 heterocycles. The van der Waals surface area contributed by atoms with Crippen molar-refractivity contribution in [2.75, 3.05) is 13.7 Å². The van der Waals surface area contributed by atoms with E-state index in [4.69, 9.17) is 14.6 Å². The van der Waals surface area contributed by atoms with E-state index >= 15 is 0 Å². The van der Waals surface area contributed by atoms with Crippen LogP contribution in [0.15, 0.2) is 54.3 Å². The van der Waals surface area contributed by atoms with E-state index in [1.54, 1.807) is 36.4 Å². The number of allylic oxidation sites excluding steroid dienone is 1. The standard InChI is InChI=1S/C19H19N3O5/c1-3-6-14-9-13(10-16(26-2)18(14)27-12-17(23)24)11-21-22-19(25)15-7-4-5-8-20-15/h3-5,7-11H,1,6,12H2,2H3,(H,22,25)(H,23,24)/b21-11-. The van der Waals surface area contributed by atoms with Crippen molar-refractivity contribution in [2.24, 2.45) is 5.10 Å². The highest BCUT2D eigenvalue weighted by Crippen LogP contribution is 2.33. The van der Waals surface area contributed by atoms with Crippen LogP contribution in [0.3, 0.4) is 0 Å². The molecule has 0 saturated heterocycles. The number of ether oxygens (including phenoxy) is 2. The Morgan fingerprint density at radius 2 is 2.19 bits per heavy atom. The molecule has 1 amide bonds. The van der Waals surface area contributed by atoms with E-state index in [0.29, 0.717) is 29.0 Å². The van der Waals surface area contributed by atoms with Crippen molar-refractivity contribution >= 4 is 18.1 Å². The number of nitrogens with zero attached hydrogens (tertiary/aromatic N) is 2. The molecule has 0 spiro atoms. The number of carboxylic acids is 1. The van der Waals surface area contributed by atoms with Gasteiger partial charge in [0.2, 0.25) is 0 Å². The first kappa shape index (κ1) is 19.6. The Labute approximate surface area is 156 Å². The summed E-state index contributed by atoms with van der Waals surface area (Å²) in [5.41, 5.74) is 3.95.